The van der Waals surface area contributed by atoms with E-state index < -0.39 is 0 Å². The van der Waals surface area contributed by atoms with E-state index in [-0.39, 0.29) is 5.91 Å². The molecule has 0 saturated heterocycles. The van der Waals surface area contributed by atoms with Gasteiger partial charge in [-0.3, -0.25) is 4.79 Å². The number of benzene rings is 2. The number of methoxy groups -OCH3 is 2. The fourth-order valence-electron chi connectivity index (χ4n) is 2.57. The lowest BCUT2D eigenvalue weighted by molar-refractivity contribution is 0.0953. The van der Waals surface area contributed by atoms with Gasteiger partial charge in [0, 0.05) is 24.3 Å². The average molecular weight is 357 g/mol. The van der Waals surface area contributed by atoms with Gasteiger partial charge in [0.05, 0.1) is 20.8 Å². The maximum atomic E-state index is 12.4. The van der Waals surface area contributed by atoms with Crippen molar-refractivity contribution in [3.63, 3.8) is 0 Å². The average Bonchev–Trinajstić information content (AvgIpc) is 2.68. The molecule has 0 saturated carbocycles. The van der Waals surface area contributed by atoms with Crippen molar-refractivity contribution >= 4 is 5.91 Å². The molecule has 0 heterocycles. The zero-order valence-electron chi connectivity index (χ0n) is 15.7. The van der Waals surface area contributed by atoms with Crippen LogP contribution >= 0.6 is 0 Å². The highest BCUT2D eigenvalue weighted by Crippen LogP contribution is 2.21. The summed E-state index contributed by atoms with van der Waals surface area (Å²) in [6.07, 6.45) is 1.71. The van der Waals surface area contributed by atoms with Gasteiger partial charge in [-0.05, 0) is 48.7 Å². The lowest BCUT2D eigenvalue weighted by atomic mass is 10.1. The molecule has 0 bridgehead atoms. The van der Waals surface area contributed by atoms with Gasteiger partial charge < -0.3 is 19.5 Å². The van der Waals surface area contributed by atoms with Crippen molar-refractivity contribution in [1.82, 2.24) is 5.32 Å². The molecule has 0 unspecified atom stereocenters. The molecule has 0 aliphatic carbocycles. The van der Waals surface area contributed by atoms with E-state index in [9.17, 15) is 4.79 Å². The van der Waals surface area contributed by atoms with Crippen molar-refractivity contribution in [2.45, 2.75) is 26.4 Å². The standard InChI is InChI=1S/C21H27NO4/c1-4-13-26-15-18-14-17(7-10-20(18)25-3)21(23)22-12-11-16-5-8-19(24-2)9-6-16/h5-10,14H,4,11-13,15H2,1-3H3,(H,22,23). The molecule has 5 nitrogen and oxygen atoms in total. The monoisotopic (exact) mass is 357 g/mol. The van der Waals surface area contributed by atoms with E-state index in [1.165, 1.54) is 0 Å². The number of hydrogen-bond donors (Lipinski definition) is 1. The van der Waals surface area contributed by atoms with Gasteiger partial charge in [0.2, 0.25) is 0 Å². The summed E-state index contributed by atoms with van der Waals surface area (Å²) >= 11 is 0. The van der Waals surface area contributed by atoms with Crippen LogP contribution in [0.1, 0.15) is 34.8 Å². The van der Waals surface area contributed by atoms with Crippen LogP contribution in [0.25, 0.3) is 0 Å². The topological polar surface area (TPSA) is 56.8 Å². The number of nitrogens with one attached hydrogen (secondary N) is 1. The van der Waals surface area contributed by atoms with Crippen molar-refractivity contribution in [2.75, 3.05) is 27.4 Å². The molecule has 0 spiro atoms. The maximum Gasteiger partial charge on any atom is 0.251 e. The van der Waals surface area contributed by atoms with Crippen molar-refractivity contribution in [3.8, 4) is 11.5 Å². The van der Waals surface area contributed by atoms with Crippen molar-refractivity contribution < 1.29 is 19.0 Å². The molecule has 1 N–H and O–H groups in total. The van der Waals surface area contributed by atoms with E-state index in [1.807, 2.05) is 36.4 Å². The van der Waals surface area contributed by atoms with E-state index in [4.69, 9.17) is 14.2 Å². The second kappa shape index (κ2) is 10.5. The third-order valence-electron chi connectivity index (χ3n) is 4.01. The second-order valence-electron chi connectivity index (χ2n) is 5.93. The number of carbonyl (C=O) groups excluding carboxylic acids is 1. The molecule has 0 aliphatic heterocycles. The van der Waals surface area contributed by atoms with Gasteiger partial charge in [-0.2, -0.15) is 0 Å². The quantitative estimate of drug-likeness (QED) is 0.660. The molecule has 2 aromatic rings. The molecule has 0 aromatic heterocycles. The predicted molar refractivity (Wildman–Crippen MR) is 102 cm³/mol. The molecular weight excluding hydrogens is 330 g/mol. The number of amides is 1. The van der Waals surface area contributed by atoms with E-state index >= 15 is 0 Å². The Morgan fingerprint density at radius 3 is 2.46 bits per heavy atom. The lowest BCUT2D eigenvalue weighted by Gasteiger charge is -2.11. The Labute approximate surface area is 155 Å². The summed E-state index contributed by atoms with van der Waals surface area (Å²) in [5.41, 5.74) is 2.63. The van der Waals surface area contributed by atoms with Gasteiger partial charge in [0.1, 0.15) is 11.5 Å². The fourth-order valence-corrected chi connectivity index (χ4v) is 2.57. The largest absolute Gasteiger partial charge is 0.497 e. The molecule has 1 amide bonds. The Hall–Kier alpha value is -2.53. The third kappa shape index (κ3) is 5.77. The molecule has 26 heavy (non-hydrogen) atoms. The first-order valence-electron chi connectivity index (χ1n) is 8.83. The fraction of sp³-hybridized carbons (Fsp3) is 0.381. The van der Waals surface area contributed by atoms with Crippen molar-refractivity contribution in [1.29, 1.82) is 0 Å². The Morgan fingerprint density at radius 2 is 1.81 bits per heavy atom. The maximum absolute atomic E-state index is 12.4. The summed E-state index contributed by atoms with van der Waals surface area (Å²) in [7, 11) is 3.26. The Kier molecular flexibility index (Phi) is 7.96. The molecular formula is C21H27NO4. The number of hydrogen-bond acceptors (Lipinski definition) is 4. The van der Waals surface area contributed by atoms with Gasteiger partial charge >= 0.3 is 0 Å². The first-order chi connectivity index (χ1) is 12.7. The molecule has 0 fully saturated rings. The van der Waals surface area contributed by atoms with Gasteiger partial charge in [-0.1, -0.05) is 19.1 Å². The van der Waals surface area contributed by atoms with Gasteiger partial charge in [0.15, 0.2) is 0 Å². The molecule has 140 valence electrons. The summed E-state index contributed by atoms with van der Waals surface area (Å²) in [5.74, 6) is 1.46. The molecule has 0 radical (unpaired) electrons. The molecule has 0 atom stereocenters. The summed E-state index contributed by atoms with van der Waals surface area (Å²) < 4.78 is 16.1. The van der Waals surface area contributed by atoms with Crippen molar-refractivity contribution in [3.05, 3.63) is 59.2 Å². The van der Waals surface area contributed by atoms with Crippen LogP contribution in [0.15, 0.2) is 42.5 Å². The Morgan fingerprint density at radius 1 is 1.04 bits per heavy atom. The summed E-state index contributed by atoms with van der Waals surface area (Å²) in [4.78, 5) is 12.4. The van der Waals surface area contributed by atoms with Crippen LogP contribution in [-0.4, -0.2) is 33.3 Å². The van der Waals surface area contributed by atoms with Crippen molar-refractivity contribution in [2.24, 2.45) is 0 Å². The normalized spacial score (nSPS) is 10.4. The highest BCUT2D eigenvalue weighted by atomic mass is 16.5. The van der Waals surface area contributed by atoms with Crippen LogP contribution in [0.2, 0.25) is 0 Å². The number of ether oxygens (including phenoxy) is 3. The minimum atomic E-state index is -0.0992. The van der Waals surface area contributed by atoms with E-state index in [1.54, 1.807) is 20.3 Å². The van der Waals surface area contributed by atoms with Gasteiger partial charge in [-0.15, -0.1) is 0 Å². The Bertz CT molecular complexity index is 698. The second-order valence-corrected chi connectivity index (χ2v) is 5.93. The minimum Gasteiger partial charge on any atom is -0.497 e. The lowest BCUT2D eigenvalue weighted by Crippen LogP contribution is -2.25. The van der Waals surface area contributed by atoms with Crippen LogP contribution in [0.3, 0.4) is 0 Å². The zero-order valence-corrected chi connectivity index (χ0v) is 15.7. The van der Waals surface area contributed by atoms with E-state index in [0.29, 0.717) is 25.3 Å². The number of rotatable bonds is 10. The highest BCUT2D eigenvalue weighted by Gasteiger charge is 2.10. The Balaban J connectivity index is 1.92. The van der Waals surface area contributed by atoms with Crippen LogP contribution in [0, 0.1) is 0 Å². The SMILES string of the molecule is CCCOCc1cc(C(=O)NCCc2ccc(OC)cc2)ccc1OC. The van der Waals surface area contributed by atoms with Crippen LogP contribution in [0.5, 0.6) is 11.5 Å². The molecule has 2 aromatic carbocycles. The van der Waals surface area contributed by atoms with E-state index in [2.05, 4.69) is 12.2 Å². The smallest absolute Gasteiger partial charge is 0.251 e. The third-order valence-corrected chi connectivity index (χ3v) is 4.01. The highest BCUT2D eigenvalue weighted by molar-refractivity contribution is 5.94. The summed E-state index contributed by atoms with van der Waals surface area (Å²) in [5, 5.41) is 2.96. The van der Waals surface area contributed by atoms with Crippen LogP contribution in [-0.2, 0) is 17.8 Å². The number of carbonyl (C=O) groups is 1. The minimum absolute atomic E-state index is 0.0992. The summed E-state index contributed by atoms with van der Waals surface area (Å²) in [6.45, 7) is 3.74. The van der Waals surface area contributed by atoms with E-state index in [0.717, 1.165) is 35.5 Å². The van der Waals surface area contributed by atoms with Gasteiger partial charge in [0.25, 0.3) is 5.91 Å². The molecule has 5 heteroatoms. The first kappa shape index (κ1) is 19.8. The summed E-state index contributed by atoms with van der Waals surface area (Å²) in [6, 6.07) is 13.3. The van der Waals surface area contributed by atoms with Crippen LogP contribution in [0.4, 0.5) is 0 Å². The van der Waals surface area contributed by atoms with Crippen LogP contribution < -0.4 is 14.8 Å². The van der Waals surface area contributed by atoms with Gasteiger partial charge in [-0.25, -0.2) is 0 Å². The predicted octanol–water partition coefficient (Wildman–Crippen LogP) is 3.60. The molecule has 2 rings (SSSR count). The molecule has 0 aliphatic rings. The first-order valence-corrected chi connectivity index (χ1v) is 8.83. The zero-order chi connectivity index (χ0) is 18.8.